The maximum atomic E-state index is 12.0. The van der Waals surface area contributed by atoms with Gasteiger partial charge in [-0.05, 0) is 35.9 Å². The van der Waals surface area contributed by atoms with Crippen molar-refractivity contribution in [2.45, 2.75) is 6.54 Å². The molecular formula is C14H13ClN2O2. The van der Waals surface area contributed by atoms with E-state index in [9.17, 15) is 9.90 Å². The largest absolute Gasteiger partial charge is 0.507 e. The van der Waals surface area contributed by atoms with E-state index in [1.54, 1.807) is 18.2 Å². The predicted octanol–water partition coefficient (Wildman–Crippen LogP) is 2.76. The van der Waals surface area contributed by atoms with Crippen LogP contribution in [0.3, 0.4) is 0 Å². The minimum Gasteiger partial charge on any atom is -0.507 e. The van der Waals surface area contributed by atoms with Crippen molar-refractivity contribution < 1.29 is 9.90 Å². The van der Waals surface area contributed by atoms with Gasteiger partial charge in [0.15, 0.2) is 0 Å². The van der Waals surface area contributed by atoms with Gasteiger partial charge in [0.1, 0.15) is 5.75 Å². The molecule has 0 aromatic heterocycles. The van der Waals surface area contributed by atoms with Gasteiger partial charge in [-0.3, -0.25) is 4.79 Å². The van der Waals surface area contributed by atoms with E-state index in [-0.39, 0.29) is 11.3 Å². The Hall–Kier alpha value is -2.04. The molecule has 0 fully saturated rings. The molecule has 1 amide bonds. The third-order valence-corrected chi connectivity index (χ3v) is 2.86. The molecule has 5 heteroatoms. The monoisotopic (exact) mass is 276 g/mol. The molecule has 0 atom stereocenters. The van der Waals surface area contributed by atoms with Gasteiger partial charge in [-0.15, -0.1) is 0 Å². The van der Waals surface area contributed by atoms with Crippen LogP contribution in [0.1, 0.15) is 15.9 Å². The number of halogens is 1. The molecule has 0 radical (unpaired) electrons. The summed E-state index contributed by atoms with van der Waals surface area (Å²) >= 11 is 5.80. The highest BCUT2D eigenvalue weighted by molar-refractivity contribution is 6.31. The van der Waals surface area contributed by atoms with E-state index in [1.807, 2.05) is 6.07 Å². The van der Waals surface area contributed by atoms with Crippen molar-refractivity contribution in [2.24, 2.45) is 5.73 Å². The number of hydrogen-bond acceptors (Lipinski definition) is 3. The maximum Gasteiger partial charge on any atom is 0.259 e. The van der Waals surface area contributed by atoms with Crippen LogP contribution < -0.4 is 11.1 Å². The molecule has 2 aromatic carbocycles. The summed E-state index contributed by atoms with van der Waals surface area (Å²) in [5, 5.41) is 12.7. The lowest BCUT2D eigenvalue weighted by Gasteiger charge is -2.08. The van der Waals surface area contributed by atoms with Gasteiger partial charge in [0.05, 0.1) is 5.56 Å². The molecule has 0 unspecified atom stereocenters. The second kappa shape index (κ2) is 5.73. The molecule has 4 nitrogen and oxygen atoms in total. The minimum atomic E-state index is -0.422. The van der Waals surface area contributed by atoms with Crippen molar-refractivity contribution in [1.82, 2.24) is 0 Å². The summed E-state index contributed by atoms with van der Waals surface area (Å²) in [6, 6.07) is 11.5. The van der Waals surface area contributed by atoms with Gasteiger partial charge in [0.2, 0.25) is 0 Å². The fraction of sp³-hybridized carbons (Fsp3) is 0.0714. The number of aromatic hydroxyl groups is 1. The lowest BCUT2D eigenvalue weighted by Crippen LogP contribution is -2.12. The number of hydrogen-bond donors (Lipinski definition) is 3. The van der Waals surface area contributed by atoms with E-state index < -0.39 is 5.91 Å². The molecule has 0 aliphatic rings. The summed E-state index contributed by atoms with van der Waals surface area (Å²) in [6.45, 7) is 0.395. The Balaban J connectivity index is 2.23. The predicted molar refractivity (Wildman–Crippen MR) is 75.4 cm³/mol. The molecule has 0 saturated heterocycles. The van der Waals surface area contributed by atoms with Gasteiger partial charge in [0, 0.05) is 17.3 Å². The van der Waals surface area contributed by atoms with Crippen LogP contribution >= 0.6 is 11.6 Å². The Morgan fingerprint density at radius 2 is 2.05 bits per heavy atom. The molecular weight excluding hydrogens is 264 g/mol. The number of phenols is 1. The van der Waals surface area contributed by atoms with Crippen molar-refractivity contribution in [3.05, 3.63) is 58.6 Å². The summed E-state index contributed by atoms with van der Waals surface area (Å²) in [5.41, 5.74) is 7.19. The number of nitrogens with one attached hydrogen (secondary N) is 1. The lowest BCUT2D eigenvalue weighted by atomic mass is 10.1. The molecule has 4 N–H and O–H groups in total. The first-order valence-corrected chi connectivity index (χ1v) is 6.07. The summed E-state index contributed by atoms with van der Waals surface area (Å²) in [6.07, 6.45) is 0. The highest BCUT2D eigenvalue weighted by Gasteiger charge is 2.12. The van der Waals surface area contributed by atoms with Crippen LogP contribution in [0.15, 0.2) is 42.5 Å². The zero-order valence-electron chi connectivity index (χ0n) is 10.1. The van der Waals surface area contributed by atoms with E-state index in [4.69, 9.17) is 17.3 Å². The van der Waals surface area contributed by atoms with Crippen molar-refractivity contribution in [1.29, 1.82) is 0 Å². The molecule has 0 aliphatic heterocycles. The number of phenolic OH excluding ortho intramolecular Hbond substituents is 1. The molecule has 19 heavy (non-hydrogen) atoms. The summed E-state index contributed by atoms with van der Waals surface area (Å²) < 4.78 is 0. The average molecular weight is 277 g/mol. The summed E-state index contributed by atoms with van der Waals surface area (Å²) in [4.78, 5) is 12.0. The zero-order valence-corrected chi connectivity index (χ0v) is 10.8. The second-order valence-electron chi connectivity index (χ2n) is 4.02. The van der Waals surface area contributed by atoms with Crippen LogP contribution in [0, 0.1) is 0 Å². The summed E-state index contributed by atoms with van der Waals surface area (Å²) in [5.74, 6) is -0.536. The third kappa shape index (κ3) is 3.24. The first-order chi connectivity index (χ1) is 9.10. The second-order valence-corrected chi connectivity index (χ2v) is 4.46. The zero-order chi connectivity index (χ0) is 13.8. The van der Waals surface area contributed by atoms with Crippen molar-refractivity contribution in [3.63, 3.8) is 0 Å². The number of carbonyl (C=O) groups excluding carboxylic acids is 1. The van der Waals surface area contributed by atoms with E-state index in [1.165, 1.54) is 18.2 Å². The minimum absolute atomic E-state index is 0.114. The van der Waals surface area contributed by atoms with Crippen LogP contribution in [0.4, 0.5) is 5.69 Å². The van der Waals surface area contributed by atoms with E-state index in [0.717, 1.165) is 5.56 Å². The van der Waals surface area contributed by atoms with E-state index >= 15 is 0 Å². The van der Waals surface area contributed by atoms with Crippen LogP contribution in [-0.2, 0) is 6.54 Å². The van der Waals surface area contributed by atoms with Gasteiger partial charge in [0.25, 0.3) is 5.91 Å². The maximum absolute atomic E-state index is 12.0. The topological polar surface area (TPSA) is 75.3 Å². The SMILES string of the molecule is NCc1cccc(NC(=O)c2cc(Cl)ccc2O)c1. The summed E-state index contributed by atoms with van der Waals surface area (Å²) in [7, 11) is 0. The fourth-order valence-corrected chi connectivity index (χ4v) is 1.84. The highest BCUT2D eigenvalue weighted by Crippen LogP contribution is 2.22. The van der Waals surface area contributed by atoms with Crippen LogP contribution in [0.5, 0.6) is 5.75 Å². The van der Waals surface area contributed by atoms with Gasteiger partial charge in [-0.1, -0.05) is 23.7 Å². The fourth-order valence-electron chi connectivity index (χ4n) is 1.66. The molecule has 98 valence electrons. The Morgan fingerprint density at radius 1 is 1.26 bits per heavy atom. The van der Waals surface area contributed by atoms with Crippen molar-refractivity contribution >= 4 is 23.2 Å². The number of anilines is 1. The number of benzene rings is 2. The first kappa shape index (κ1) is 13.4. The van der Waals surface area contributed by atoms with Gasteiger partial charge in [-0.25, -0.2) is 0 Å². The van der Waals surface area contributed by atoms with E-state index in [2.05, 4.69) is 5.32 Å². The van der Waals surface area contributed by atoms with Gasteiger partial charge < -0.3 is 16.2 Å². The van der Waals surface area contributed by atoms with Crippen molar-refractivity contribution in [2.75, 3.05) is 5.32 Å². The molecule has 0 heterocycles. The molecule has 2 aromatic rings. The quantitative estimate of drug-likeness (QED) is 0.807. The van der Waals surface area contributed by atoms with Crippen LogP contribution in [-0.4, -0.2) is 11.0 Å². The Morgan fingerprint density at radius 3 is 2.79 bits per heavy atom. The Kier molecular flexibility index (Phi) is 4.04. The van der Waals surface area contributed by atoms with Crippen LogP contribution in [0.2, 0.25) is 5.02 Å². The lowest BCUT2D eigenvalue weighted by molar-refractivity contribution is 0.102. The number of rotatable bonds is 3. The number of nitrogens with two attached hydrogens (primary N) is 1. The molecule has 0 spiro atoms. The molecule has 2 rings (SSSR count). The highest BCUT2D eigenvalue weighted by atomic mass is 35.5. The van der Waals surface area contributed by atoms with Gasteiger partial charge >= 0.3 is 0 Å². The average Bonchev–Trinajstić information content (AvgIpc) is 2.41. The molecule has 0 aliphatic carbocycles. The smallest absolute Gasteiger partial charge is 0.259 e. The normalized spacial score (nSPS) is 10.2. The Bertz CT molecular complexity index is 614. The standard InChI is InChI=1S/C14H13ClN2O2/c15-10-4-5-13(18)12(7-10)14(19)17-11-3-1-2-9(6-11)8-16/h1-7,18H,8,16H2,(H,17,19). The Labute approximate surface area is 115 Å². The van der Waals surface area contributed by atoms with E-state index in [0.29, 0.717) is 17.3 Å². The molecule has 0 bridgehead atoms. The first-order valence-electron chi connectivity index (χ1n) is 5.69. The molecule has 0 saturated carbocycles. The van der Waals surface area contributed by atoms with Crippen LogP contribution in [0.25, 0.3) is 0 Å². The number of amides is 1. The van der Waals surface area contributed by atoms with Crippen molar-refractivity contribution in [3.8, 4) is 5.75 Å². The third-order valence-electron chi connectivity index (χ3n) is 2.62. The number of carbonyl (C=O) groups is 1. The van der Waals surface area contributed by atoms with Gasteiger partial charge in [-0.2, -0.15) is 0 Å².